The van der Waals surface area contributed by atoms with Crippen molar-refractivity contribution in [2.24, 2.45) is 0 Å². The molecule has 2 N–H and O–H groups in total. The Hall–Kier alpha value is -3.26. The number of benzene rings is 2. The first-order valence-electron chi connectivity index (χ1n) is 9.42. The third-order valence-corrected chi connectivity index (χ3v) is 5.02. The van der Waals surface area contributed by atoms with E-state index < -0.39 is 0 Å². The maximum absolute atomic E-state index is 13.1. The Morgan fingerprint density at radius 1 is 1.17 bits per heavy atom. The largest absolute Gasteiger partial charge is 0.337 e. The van der Waals surface area contributed by atoms with Gasteiger partial charge in [0.1, 0.15) is 5.82 Å². The molecule has 29 heavy (non-hydrogen) atoms. The van der Waals surface area contributed by atoms with Gasteiger partial charge in [0.15, 0.2) is 0 Å². The van der Waals surface area contributed by atoms with Crippen molar-refractivity contribution in [3.05, 3.63) is 65.8 Å². The Balaban J connectivity index is 1.38. The fraction of sp³-hybridized carbons (Fsp3) is 0.286. The number of rotatable bonds is 4. The minimum absolute atomic E-state index is 0.0448. The van der Waals surface area contributed by atoms with Crippen molar-refractivity contribution in [2.45, 2.75) is 25.4 Å². The van der Waals surface area contributed by atoms with Gasteiger partial charge < -0.3 is 15.2 Å². The van der Waals surface area contributed by atoms with Crippen LogP contribution in [0.5, 0.6) is 0 Å². The zero-order valence-corrected chi connectivity index (χ0v) is 16.2. The molecule has 2 amide bonds. The van der Waals surface area contributed by atoms with Crippen LogP contribution in [0.15, 0.2) is 53.1 Å². The first kappa shape index (κ1) is 19.1. The van der Waals surface area contributed by atoms with E-state index >= 15 is 0 Å². The van der Waals surface area contributed by atoms with Gasteiger partial charge in [0.2, 0.25) is 11.7 Å². The number of halogens is 1. The van der Waals surface area contributed by atoms with E-state index in [0.717, 1.165) is 11.3 Å². The molecule has 1 aliphatic heterocycles. The Kier molecular flexibility index (Phi) is 5.26. The van der Waals surface area contributed by atoms with Gasteiger partial charge in [-0.3, -0.25) is 4.90 Å². The average Bonchev–Trinajstić information content (AvgIpc) is 3.31. The van der Waals surface area contributed by atoms with Crippen molar-refractivity contribution >= 4 is 11.7 Å². The summed E-state index contributed by atoms with van der Waals surface area (Å²) in [5.74, 6) is 0.586. The maximum atomic E-state index is 13.1. The normalized spacial score (nSPS) is 19.3. The molecule has 3 aromatic rings. The van der Waals surface area contributed by atoms with Gasteiger partial charge in [-0.1, -0.05) is 22.9 Å². The number of nitrogens with one attached hydrogen (secondary N) is 2. The summed E-state index contributed by atoms with van der Waals surface area (Å²) in [4.78, 5) is 18.8. The third-order valence-electron chi connectivity index (χ3n) is 5.02. The number of likely N-dealkylation sites (N-methyl/N-ethyl adjacent to an activating group) is 1. The molecule has 0 aliphatic carbocycles. The van der Waals surface area contributed by atoms with Gasteiger partial charge in [0.25, 0.3) is 0 Å². The minimum Gasteiger partial charge on any atom is -0.337 e. The van der Waals surface area contributed by atoms with E-state index in [1.54, 1.807) is 12.1 Å². The van der Waals surface area contributed by atoms with Crippen LogP contribution in [0.4, 0.5) is 14.9 Å². The molecule has 4 rings (SSSR count). The molecule has 150 valence electrons. The van der Waals surface area contributed by atoms with E-state index in [1.165, 1.54) is 12.1 Å². The van der Waals surface area contributed by atoms with E-state index in [2.05, 4.69) is 25.7 Å². The van der Waals surface area contributed by atoms with E-state index in [0.29, 0.717) is 30.2 Å². The van der Waals surface area contributed by atoms with Crippen molar-refractivity contribution in [3.63, 3.8) is 0 Å². The number of hydrogen-bond acceptors (Lipinski definition) is 5. The summed E-state index contributed by atoms with van der Waals surface area (Å²) in [6.07, 6.45) is 0.656. The zero-order chi connectivity index (χ0) is 20.4. The van der Waals surface area contributed by atoms with E-state index in [4.69, 9.17) is 4.52 Å². The molecule has 7 nitrogen and oxygen atoms in total. The molecule has 0 saturated carbocycles. The summed E-state index contributed by atoms with van der Waals surface area (Å²) in [5, 5.41) is 9.85. The van der Waals surface area contributed by atoms with Crippen LogP contribution in [0.2, 0.25) is 0 Å². The summed E-state index contributed by atoms with van der Waals surface area (Å²) < 4.78 is 18.5. The molecular weight excluding hydrogens is 373 g/mol. The van der Waals surface area contributed by atoms with Gasteiger partial charge >= 0.3 is 6.03 Å². The highest BCUT2D eigenvalue weighted by Gasteiger charge is 2.35. The number of likely N-dealkylation sites (tertiary alicyclic amines) is 1. The molecule has 1 aliphatic rings. The summed E-state index contributed by atoms with van der Waals surface area (Å²) in [5.41, 5.74) is 2.57. The van der Waals surface area contributed by atoms with Crippen molar-refractivity contribution in [2.75, 3.05) is 18.9 Å². The number of carbonyl (C=O) groups excluding carboxylic acids is 1. The second-order valence-corrected chi connectivity index (χ2v) is 7.32. The van der Waals surface area contributed by atoms with Crippen LogP contribution >= 0.6 is 0 Å². The predicted molar refractivity (Wildman–Crippen MR) is 107 cm³/mol. The quantitative estimate of drug-likeness (QED) is 0.703. The fourth-order valence-corrected chi connectivity index (χ4v) is 3.47. The van der Waals surface area contributed by atoms with Crippen LogP contribution in [-0.4, -0.2) is 40.7 Å². The summed E-state index contributed by atoms with van der Waals surface area (Å²) in [6, 6.07) is 13.2. The van der Waals surface area contributed by atoms with Gasteiger partial charge in [-0.15, -0.1) is 0 Å². The van der Waals surface area contributed by atoms with Crippen molar-refractivity contribution in [1.29, 1.82) is 0 Å². The monoisotopic (exact) mass is 395 g/mol. The molecule has 1 saturated heterocycles. The standard InChI is InChI=1S/C21H22FN5O2/c1-13-3-9-16(10-4-13)23-21(28)24-17-11-18(27(2)12-17)20-25-19(26-29-20)14-5-7-15(22)8-6-14/h3-10,17-18H,11-12H2,1-2H3,(H2,23,24,28)/t17-,18-/m0/s1. The van der Waals surface area contributed by atoms with E-state index in [9.17, 15) is 9.18 Å². The third kappa shape index (κ3) is 4.43. The van der Waals surface area contributed by atoms with Gasteiger partial charge in [-0.05, 0) is 56.8 Å². The van der Waals surface area contributed by atoms with Crippen LogP contribution in [0.3, 0.4) is 0 Å². The number of anilines is 1. The van der Waals surface area contributed by atoms with Crippen LogP contribution in [0.25, 0.3) is 11.4 Å². The summed E-state index contributed by atoms with van der Waals surface area (Å²) in [6.45, 7) is 2.66. The Labute approximate surface area is 167 Å². The van der Waals surface area contributed by atoms with Gasteiger partial charge in [0.05, 0.1) is 6.04 Å². The van der Waals surface area contributed by atoms with E-state index in [1.807, 2.05) is 38.2 Å². The van der Waals surface area contributed by atoms with Crippen LogP contribution in [0.1, 0.15) is 23.9 Å². The lowest BCUT2D eigenvalue weighted by molar-refractivity contribution is 0.243. The number of aromatic nitrogens is 2. The van der Waals surface area contributed by atoms with Crippen LogP contribution in [0, 0.1) is 12.7 Å². The summed E-state index contributed by atoms with van der Waals surface area (Å²) in [7, 11) is 1.95. The number of hydrogen-bond donors (Lipinski definition) is 2. The smallest absolute Gasteiger partial charge is 0.319 e. The van der Waals surface area contributed by atoms with Crippen LogP contribution in [-0.2, 0) is 0 Å². The van der Waals surface area contributed by atoms with Crippen molar-refractivity contribution in [3.8, 4) is 11.4 Å². The topological polar surface area (TPSA) is 83.3 Å². The number of urea groups is 1. The SMILES string of the molecule is Cc1ccc(NC(=O)N[C@H]2C[C@@H](c3nc(-c4ccc(F)cc4)no3)N(C)C2)cc1. The lowest BCUT2D eigenvalue weighted by Crippen LogP contribution is -2.39. The second-order valence-electron chi connectivity index (χ2n) is 7.32. The first-order chi connectivity index (χ1) is 14.0. The first-order valence-corrected chi connectivity index (χ1v) is 9.42. The summed E-state index contributed by atoms with van der Waals surface area (Å²) >= 11 is 0. The van der Waals surface area contributed by atoms with Gasteiger partial charge in [0, 0.05) is 23.8 Å². The molecule has 1 fully saturated rings. The Morgan fingerprint density at radius 2 is 1.90 bits per heavy atom. The van der Waals surface area contributed by atoms with Crippen molar-refractivity contribution < 1.29 is 13.7 Å². The average molecular weight is 395 g/mol. The molecule has 0 radical (unpaired) electrons. The Bertz CT molecular complexity index is 987. The second kappa shape index (κ2) is 8.00. The molecule has 2 atom stereocenters. The number of nitrogens with zero attached hydrogens (tertiary/aromatic N) is 3. The highest BCUT2D eigenvalue weighted by atomic mass is 19.1. The Morgan fingerprint density at radius 3 is 2.62 bits per heavy atom. The fourth-order valence-electron chi connectivity index (χ4n) is 3.47. The number of carbonyl (C=O) groups is 1. The minimum atomic E-state index is -0.314. The molecule has 2 heterocycles. The van der Waals surface area contributed by atoms with Crippen molar-refractivity contribution in [1.82, 2.24) is 20.4 Å². The van der Waals surface area contributed by atoms with Gasteiger partial charge in [-0.2, -0.15) is 4.98 Å². The lowest BCUT2D eigenvalue weighted by Gasteiger charge is -2.14. The molecule has 0 bridgehead atoms. The zero-order valence-electron chi connectivity index (χ0n) is 16.2. The molecular formula is C21H22FN5O2. The lowest BCUT2D eigenvalue weighted by atomic mass is 10.1. The molecule has 8 heteroatoms. The maximum Gasteiger partial charge on any atom is 0.319 e. The molecule has 0 unspecified atom stereocenters. The van der Waals surface area contributed by atoms with Gasteiger partial charge in [-0.25, -0.2) is 9.18 Å². The molecule has 1 aromatic heterocycles. The molecule has 0 spiro atoms. The predicted octanol–water partition coefficient (Wildman–Crippen LogP) is 3.75. The highest BCUT2D eigenvalue weighted by Crippen LogP contribution is 2.31. The highest BCUT2D eigenvalue weighted by molar-refractivity contribution is 5.89. The van der Waals surface area contributed by atoms with E-state index in [-0.39, 0.29) is 23.9 Å². The number of amides is 2. The number of aryl methyl sites for hydroxylation is 1. The van der Waals surface area contributed by atoms with Crippen LogP contribution < -0.4 is 10.6 Å². The molecule has 2 aromatic carbocycles.